The van der Waals surface area contributed by atoms with Crippen LogP contribution in [0.3, 0.4) is 0 Å². The highest BCUT2D eigenvalue weighted by atomic mass is 16.4. The summed E-state index contributed by atoms with van der Waals surface area (Å²) < 4.78 is 0. The van der Waals surface area contributed by atoms with Gasteiger partial charge in [0.05, 0.1) is 0 Å². The molecule has 3 unspecified atom stereocenters. The maximum absolute atomic E-state index is 12.7. The summed E-state index contributed by atoms with van der Waals surface area (Å²) in [6.07, 6.45) is 4.73. The fraction of sp³-hybridized carbons (Fsp3) is 0.500. The van der Waals surface area contributed by atoms with Crippen LogP contribution in [0.2, 0.25) is 0 Å². The topological polar surface area (TPSA) is 78.9 Å². The van der Waals surface area contributed by atoms with Gasteiger partial charge in [0.2, 0.25) is 5.91 Å². The van der Waals surface area contributed by atoms with Crippen LogP contribution in [0.1, 0.15) is 31.2 Å². The van der Waals surface area contributed by atoms with Crippen LogP contribution < -0.4 is 10.6 Å². The molecule has 3 rings (SSSR count). The molecule has 3 N–H and O–H groups in total. The molecule has 0 heterocycles. The Morgan fingerprint density at radius 2 is 2.19 bits per heavy atom. The largest absolute Gasteiger partial charge is 0.409 e. The van der Waals surface area contributed by atoms with Gasteiger partial charge in [-0.3, -0.25) is 4.79 Å². The van der Waals surface area contributed by atoms with Crippen molar-refractivity contribution in [2.75, 3.05) is 11.9 Å². The van der Waals surface area contributed by atoms with Crippen molar-refractivity contribution in [1.29, 1.82) is 0 Å². The molecule has 1 amide bonds. The first-order chi connectivity index (χ1) is 10.1. The number of hydrogen-bond donors (Lipinski definition) is 2. The van der Waals surface area contributed by atoms with Gasteiger partial charge in [-0.25, -0.2) is 0 Å². The molecule has 5 nitrogen and oxygen atoms in total. The lowest BCUT2D eigenvalue weighted by molar-refractivity contribution is -0.123. The molecule has 0 radical (unpaired) electrons. The van der Waals surface area contributed by atoms with E-state index in [2.05, 4.69) is 5.16 Å². The van der Waals surface area contributed by atoms with Crippen molar-refractivity contribution >= 4 is 17.4 Å². The zero-order valence-electron chi connectivity index (χ0n) is 12.2. The first kappa shape index (κ1) is 13.9. The Morgan fingerprint density at radius 1 is 1.38 bits per heavy atom. The Kier molecular flexibility index (Phi) is 3.57. The van der Waals surface area contributed by atoms with Gasteiger partial charge in [0, 0.05) is 24.2 Å². The molecule has 2 bridgehead atoms. The number of nitrogens with zero attached hydrogens (tertiary/aromatic N) is 2. The fourth-order valence-corrected chi connectivity index (χ4v) is 3.85. The maximum Gasteiger partial charge on any atom is 0.230 e. The molecule has 0 saturated heterocycles. The van der Waals surface area contributed by atoms with Crippen LogP contribution >= 0.6 is 0 Å². The van der Waals surface area contributed by atoms with E-state index < -0.39 is 0 Å². The van der Waals surface area contributed by atoms with E-state index in [0.717, 1.165) is 18.0 Å². The quantitative estimate of drug-likeness (QED) is 0.387. The van der Waals surface area contributed by atoms with Crippen molar-refractivity contribution in [3.05, 3.63) is 29.8 Å². The van der Waals surface area contributed by atoms with E-state index >= 15 is 0 Å². The SMILES string of the molecule is CN(C(=O)C1CC2CCC1C2)c1cccc(C(N)=NO)c1. The van der Waals surface area contributed by atoms with E-state index in [0.29, 0.717) is 11.5 Å². The van der Waals surface area contributed by atoms with E-state index in [-0.39, 0.29) is 17.7 Å². The highest BCUT2D eigenvalue weighted by Crippen LogP contribution is 2.49. The Balaban J connectivity index is 1.78. The first-order valence-electron chi connectivity index (χ1n) is 7.45. The number of oxime groups is 1. The predicted molar refractivity (Wildman–Crippen MR) is 81.3 cm³/mol. The summed E-state index contributed by atoms with van der Waals surface area (Å²) in [4.78, 5) is 14.4. The number of benzene rings is 1. The van der Waals surface area contributed by atoms with Crippen molar-refractivity contribution in [3.8, 4) is 0 Å². The van der Waals surface area contributed by atoms with Gasteiger partial charge in [-0.15, -0.1) is 0 Å². The molecular formula is C16H21N3O2. The second-order valence-electron chi connectivity index (χ2n) is 6.21. The van der Waals surface area contributed by atoms with Crippen LogP contribution in [0.15, 0.2) is 29.4 Å². The average molecular weight is 287 g/mol. The van der Waals surface area contributed by atoms with Crippen LogP contribution in [-0.4, -0.2) is 24.0 Å². The van der Waals surface area contributed by atoms with Crippen molar-refractivity contribution < 1.29 is 10.0 Å². The average Bonchev–Trinajstić information content (AvgIpc) is 3.15. The number of carbonyl (C=O) groups excluding carboxylic acids is 1. The first-order valence-corrected chi connectivity index (χ1v) is 7.45. The summed E-state index contributed by atoms with van der Waals surface area (Å²) in [6.45, 7) is 0. The van der Waals surface area contributed by atoms with Gasteiger partial charge in [0.1, 0.15) is 0 Å². The van der Waals surface area contributed by atoms with Gasteiger partial charge in [-0.05, 0) is 43.2 Å². The Morgan fingerprint density at radius 3 is 2.81 bits per heavy atom. The summed E-state index contributed by atoms with van der Waals surface area (Å²) in [6, 6.07) is 7.22. The van der Waals surface area contributed by atoms with E-state index in [4.69, 9.17) is 10.9 Å². The molecule has 2 aliphatic rings. The van der Waals surface area contributed by atoms with Crippen LogP contribution in [-0.2, 0) is 4.79 Å². The van der Waals surface area contributed by atoms with E-state index in [1.165, 1.54) is 19.3 Å². The number of hydrogen-bond acceptors (Lipinski definition) is 3. The molecule has 21 heavy (non-hydrogen) atoms. The number of rotatable bonds is 3. The van der Waals surface area contributed by atoms with Crippen LogP contribution in [0.25, 0.3) is 0 Å². The van der Waals surface area contributed by atoms with Gasteiger partial charge in [0.25, 0.3) is 0 Å². The van der Waals surface area contributed by atoms with Gasteiger partial charge in [-0.1, -0.05) is 23.7 Å². The molecule has 0 aromatic heterocycles. The van der Waals surface area contributed by atoms with Gasteiger partial charge in [0.15, 0.2) is 5.84 Å². The molecule has 2 fully saturated rings. The second-order valence-corrected chi connectivity index (χ2v) is 6.21. The number of amides is 1. The molecule has 5 heteroatoms. The number of amidine groups is 1. The Hall–Kier alpha value is -2.04. The number of carbonyl (C=O) groups is 1. The van der Waals surface area contributed by atoms with Crippen molar-refractivity contribution in [2.24, 2.45) is 28.6 Å². The zero-order chi connectivity index (χ0) is 15.0. The molecule has 0 aliphatic heterocycles. The second kappa shape index (κ2) is 5.39. The minimum absolute atomic E-state index is 0.0534. The normalized spacial score (nSPS) is 27.9. The molecule has 2 aliphatic carbocycles. The summed E-state index contributed by atoms with van der Waals surface area (Å²) in [7, 11) is 1.81. The van der Waals surface area contributed by atoms with Gasteiger partial charge in [-0.2, -0.15) is 0 Å². The van der Waals surface area contributed by atoms with E-state index in [1.54, 1.807) is 24.1 Å². The summed E-state index contributed by atoms with van der Waals surface area (Å²) in [5, 5.41) is 11.8. The predicted octanol–water partition coefficient (Wildman–Crippen LogP) is 2.18. The number of fused-ring (bicyclic) bond motifs is 2. The summed E-state index contributed by atoms with van der Waals surface area (Å²) >= 11 is 0. The van der Waals surface area contributed by atoms with Crippen molar-refractivity contribution in [2.45, 2.75) is 25.7 Å². The lowest BCUT2D eigenvalue weighted by Crippen LogP contribution is -2.35. The molecular weight excluding hydrogens is 266 g/mol. The van der Waals surface area contributed by atoms with Crippen LogP contribution in [0, 0.1) is 17.8 Å². The van der Waals surface area contributed by atoms with Crippen LogP contribution in [0.5, 0.6) is 0 Å². The third kappa shape index (κ3) is 2.48. The molecule has 112 valence electrons. The number of nitrogens with two attached hydrogens (primary N) is 1. The molecule has 3 atom stereocenters. The Bertz CT molecular complexity index is 585. The minimum Gasteiger partial charge on any atom is -0.409 e. The fourth-order valence-electron chi connectivity index (χ4n) is 3.85. The zero-order valence-corrected chi connectivity index (χ0v) is 12.2. The Labute approximate surface area is 124 Å². The standard InChI is InChI=1S/C16H21N3O2/c1-19(13-4-2-3-12(9-13)15(17)18-21)16(20)14-8-10-5-6-11(14)7-10/h2-4,9-11,14,21H,5-8H2,1H3,(H2,17,18). The van der Waals surface area contributed by atoms with E-state index in [9.17, 15) is 4.79 Å². The monoisotopic (exact) mass is 287 g/mol. The van der Waals surface area contributed by atoms with Gasteiger partial charge < -0.3 is 15.8 Å². The third-order valence-electron chi connectivity index (χ3n) is 5.02. The smallest absolute Gasteiger partial charge is 0.230 e. The van der Waals surface area contributed by atoms with E-state index in [1.807, 2.05) is 12.1 Å². The molecule has 1 aromatic carbocycles. The molecule has 2 saturated carbocycles. The summed E-state index contributed by atoms with van der Waals surface area (Å²) in [5.41, 5.74) is 7.01. The minimum atomic E-state index is 0.0534. The lowest BCUT2D eigenvalue weighted by Gasteiger charge is -2.26. The lowest BCUT2D eigenvalue weighted by atomic mass is 9.87. The van der Waals surface area contributed by atoms with Crippen molar-refractivity contribution in [1.82, 2.24) is 0 Å². The highest BCUT2D eigenvalue weighted by Gasteiger charge is 2.44. The molecule has 1 aromatic rings. The molecule has 0 spiro atoms. The highest BCUT2D eigenvalue weighted by molar-refractivity contribution is 6.00. The summed E-state index contributed by atoms with van der Waals surface area (Å²) in [5.74, 6) is 1.73. The van der Waals surface area contributed by atoms with Gasteiger partial charge >= 0.3 is 0 Å². The maximum atomic E-state index is 12.7. The van der Waals surface area contributed by atoms with Crippen LogP contribution in [0.4, 0.5) is 5.69 Å². The third-order valence-corrected chi connectivity index (χ3v) is 5.02. The van der Waals surface area contributed by atoms with Crippen molar-refractivity contribution in [3.63, 3.8) is 0 Å². The number of anilines is 1.